The summed E-state index contributed by atoms with van der Waals surface area (Å²) in [7, 11) is -2.17. The van der Waals surface area contributed by atoms with Crippen LogP contribution in [0.1, 0.15) is 19.4 Å². The number of halogens is 2. The lowest BCUT2D eigenvalue weighted by atomic mass is 9.94. The van der Waals surface area contributed by atoms with E-state index in [9.17, 15) is 12.8 Å². The van der Waals surface area contributed by atoms with E-state index in [-0.39, 0.29) is 14.8 Å². The first-order valence-electron chi connectivity index (χ1n) is 6.13. The number of rotatable bonds is 5. The Balaban J connectivity index is 3.21. The number of nitrogens with two attached hydrogens (primary N) is 1. The van der Waals surface area contributed by atoms with Crippen LogP contribution in [-0.4, -0.2) is 32.9 Å². The molecule has 20 heavy (non-hydrogen) atoms. The summed E-state index contributed by atoms with van der Waals surface area (Å²) >= 11 is 3.02. The molecule has 0 radical (unpaired) electrons. The zero-order valence-electron chi connectivity index (χ0n) is 12.1. The average molecular weight is 367 g/mol. The van der Waals surface area contributed by atoms with Gasteiger partial charge in [-0.05, 0) is 52.5 Å². The molecule has 0 bridgehead atoms. The van der Waals surface area contributed by atoms with Crippen molar-refractivity contribution in [3.05, 3.63) is 28.0 Å². The van der Waals surface area contributed by atoms with E-state index >= 15 is 0 Å². The summed E-state index contributed by atoms with van der Waals surface area (Å²) in [5.41, 5.74) is 5.68. The topological polar surface area (TPSA) is 63.4 Å². The largest absolute Gasteiger partial charge is 0.330 e. The Kier molecular flexibility index (Phi) is 5.34. The fourth-order valence-electron chi connectivity index (χ4n) is 1.83. The second kappa shape index (κ2) is 6.09. The molecule has 7 heteroatoms. The molecule has 0 aliphatic heterocycles. The van der Waals surface area contributed by atoms with Gasteiger partial charge in [-0.15, -0.1) is 0 Å². The van der Waals surface area contributed by atoms with Gasteiger partial charge in [-0.2, -0.15) is 0 Å². The maximum absolute atomic E-state index is 13.4. The van der Waals surface area contributed by atoms with Crippen molar-refractivity contribution in [2.75, 3.05) is 20.1 Å². The predicted octanol–water partition coefficient (Wildman–Crippen LogP) is 2.50. The summed E-state index contributed by atoms with van der Waals surface area (Å²) in [6, 6.07) is 2.50. The summed E-state index contributed by atoms with van der Waals surface area (Å²) in [5, 5.41) is 0. The Bertz CT molecular complexity index is 603. The van der Waals surface area contributed by atoms with Gasteiger partial charge in [0.2, 0.25) is 10.0 Å². The number of hydrogen-bond donors (Lipinski definition) is 1. The van der Waals surface area contributed by atoms with Crippen molar-refractivity contribution in [3.63, 3.8) is 0 Å². The third kappa shape index (κ3) is 3.78. The van der Waals surface area contributed by atoms with Crippen molar-refractivity contribution >= 4 is 26.0 Å². The predicted molar refractivity (Wildman–Crippen MR) is 81.5 cm³/mol. The van der Waals surface area contributed by atoms with E-state index in [0.29, 0.717) is 18.7 Å². The second-order valence-electron chi connectivity index (χ2n) is 5.66. The first kappa shape index (κ1) is 17.6. The minimum atomic E-state index is -3.67. The van der Waals surface area contributed by atoms with Crippen LogP contribution in [0.4, 0.5) is 4.39 Å². The van der Waals surface area contributed by atoms with Crippen LogP contribution in [0.3, 0.4) is 0 Å². The van der Waals surface area contributed by atoms with Crippen LogP contribution in [0.2, 0.25) is 0 Å². The highest BCUT2D eigenvalue weighted by Gasteiger charge is 2.28. The second-order valence-corrected chi connectivity index (χ2v) is 8.53. The Labute approximate surface area is 128 Å². The molecule has 0 saturated carbocycles. The molecule has 1 aromatic carbocycles. The van der Waals surface area contributed by atoms with E-state index in [1.54, 1.807) is 6.92 Å². The van der Waals surface area contributed by atoms with Gasteiger partial charge in [0.05, 0.1) is 9.37 Å². The molecule has 0 saturated heterocycles. The normalized spacial score (nSPS) is 13.0. The highest BCUT2D eigenvalue weighted by Crippen LogP contribution is 2.27. The van der Waals surface area contributed by atoms with Crippen LogP contribution >= 0.6 is 15.9 Å². The minimum absolute atomic E-state index is 0.0982. The third-order valence-corrected chi connectivity index (χ3v) is 5.66. The van der Waals surface area contributed by atoms with Crippen molar-refractivity contribution in [3.8, 4) is 0 Å². The number of sulfonamides is 1. The zero-order chi connectivity index (χ0) is 15.7. The van der Waals surface area contributed by atoms with Gasteiger partial charge in [0.15, 0.2) is 0 Å². The molecule has 0 heterocycles. The number of nitrogens with zero attached hydrogens (tertiary/aromatic N) is 1. The van der Waals surface area contributed by atoms with Crippen molar-refractivity contribution in [2.24, 2.45) is 11.1 Å². The van der Waals surface area contributed by atoms with Crippen LogP contribution in [0.25, 0.3) is 0 Å². The Morgan fingerprint density at radius 1 is 1.40 bits per heavy atom. The summed E-state index contributed by atoms with van der Waals surface area (Å²) in [6.45, 7) is 6.03. The van der Waals surface area contributed by atoms with E-state index in [4.69, 9.17) is 5.73 Å². The lowest BCUT2D eigenvalue weighted by Crippen LogP contribution is -2.39. The summed E-state index contributed by atoms with van der Waals surface area (Å²) in [5.74, 6) is -0.480. The van der Waals surface area contributed by atoms with Gasteiger partial charge in [0, 0.05) is 13.6 Å². The molecular weight excluding hydrogens is 347 g/mol. The molecule has 0 aliphatic carbocycles. The van der Waals surface area contributed by atoms with Gasteiger partial charge >= 0.3 is 0 Å². The van der Waals surface area contributed by atoms with Crippen molar-refractivity contribution in [2.45, 2.75) is 25.7 Å². The van der Waals surface area contributed by atoms with Crippen molar-refractivity contribution < 1.29 is 12.8 Å². The quantitative estimate of drug-likeness (QED) is 0.870. The molecule has 1 rings (SSSR count). The first-order valence-corrected chi connectivity index (χ1v) is 8.36. The SMILES string of the molecule is Cc1cc(F)c(Br)cc1S(=O)(=O)N(C)CC(C)(C)CN. The molecule has 0 spiro atoms. The van der Waals surface area contributed by atoms with Crippen LogP contribution in [0.15, 0.2) is 21.5 Å². The molecule has 4 nitrogen and oxygen atoms in total. The van der Waals surface area contributed by atoms with Crippen LogP contribution in [-0.2, 0) is 10.0 Å². The van der Waals surface area contributed by atoms with Gasteiger partial charge in [-0.3, -0.25) is 0 Å². The van der Waals surface area contributed by atoms with Crippen molar-refractivity contribution in [1.82, 2.24) is 4.31 Å². The Hall–Kier alpha value is -0.500. The van der Waals surface area contributed by atoms with E-state index in [0.717, 1.165) is 0 Å². The smallest absolute Gasteiger partial charge is 0.243 e. The van der Waals surface area contributed by atoms with E-state index in [2.05, 4.69) is 15.9 Å². The highest BCUT2D eigenvalue weighted by atomic mass is 79.9. The Morgan fingerprint density at radius 3 is 2.45 bits per heavy atom. The highest BCUT2D eigenvalue weighted by molar-refractivity contribution is 9.10. The summed E-state index contributed by atoms with van der Waals surface area (Å²) < 4.78 is 39.9. The van der Waals surface area contributed by atoms with Gasteiger partial charge in [0.1, 0.15) is 5.82 Å². The molecule has 0 aromatic heterocycles. The first-order chi connectivity index (χ1) is 9.01. The molecule has 0 fully saturated rings. The molecular formula is C13H20BrFN2O2S. The molecule has 114 valence electrons. The minimum Gasteiger partial charge on any atom is -0.330 e. The fourth-order valence-corrected chi connectivity index (χ4v) is 3.91. The van der Waals surface area contributed by atoms with Gasteiger partial charge < -0.3 is 5.73 Å². The summed E-state index contributed by atoms with van der Waals surface area (Å²) in [4.78, 5) is 0.0982. The van der Waals surface area contributed by atoms with Gasteiger partial charge in [-0.1, -0.05) is 13.8 Å². The number of hydrogen-bond acceptors (Lipinski definition) is 3. The molecule has 0 amide bonds. The maximum atomic E-state index is 13.4. The fraction of sp³-hybridized carbons (Fsp3) is 0.538. The van der Waals surface area contributed by atoms with Gasteiger partial charge in [0.25, 0.3) is 0 Å². The summed E-state index contributed by atoms with van der Waals surface area (Å²) in [6.07, 6.45) is 0. The van der Waals surface area contributed by atoms with Crippen LogP contribution in [0.5, 0.6) is 0 Å². The van der Waals surface area contributed by atoms with E-state index in [1.807, 2.05) is 13.8 Å². The van der Waals surface area contributed by atoms with Gasteiger partial charge in [-0.25, -0.2) is 17.1 Å². The van der Waals surface area contributed by atoms with Crippen LogP contribution in [0, 0.1) is 18.2 Å². The molecule has 0 aliphatic rings. The number of aryl methyl sites for hydroxylation is 1. The van der Waals surface area contributed by atoms with Crippen LogP contribution < -0.4 is 5.73 Å². The lowest BCUT2D eigenvalue weighted by Gasteiger charge is -2.28. The maximum Gasteiger partial charge on any atom is 0.243 e. The monoisotopic (exact) mass is 366 g/mol. The van der Waals surface area contributed by atoms with E-state index in [1.165, 1.54) is 23.5 Å². The zero-order valence-corrected chi connectivity index (χ0v) is 14.5. The third-order valence-electron chi connectivity index (χ3n) is 3.11. The molecule has 0 atom stereocenters. The lowest BCUT2D eigenvalue weighted by molar-refractivity contribution is 0.292. The average Bonchev–Trinajstić information content (AvgIpc) is 2.33. The van der Waals surface area contributed by atoms with E-state index < -0.39 is 15.8 Å². The molecule has 0 unspecified atom stereocenters. The molecule has 2 N–H and O–H groups in total. The number of benzene rings is 1. The molecule has 1 aromatic rings. The van der Waals surface area contributed by atoms with Crippen molar-refractivity contribution in [1.29, 1.82) is 0 Å². The standard InChI is InChI=1S/C13H20BrFN2O2S/c1-9-5-11(15)10(14)6-12(9)20(18,19)17(4)8-13(2,3)7-16/h5-6H,7-8,16H2,1-4H3. The Morgan fingerprint density at radius 2 is 1.95 bits per heavy atom.